The average molecular weight is 1350 g/mol. The van der Waals surface area contributed by atoms with E-state index in [9.17, 15) is 62.3 Å². The van der Waals surface area contributed by atoms with Crippen LogP contribution in [0.2, 0.25) is 0 Å². The maximum absolute atomic E-state index is 14.7. The number of primary amides is 3. The number of carbonyl (C=O) groups excluding carboxylic acids is 13. The third-order valence-electron chi connectivity index (χ3n) is 16.0. The van der Waals surface area contributed by atoms with Gasteiger partial charge in [-0.25, -0.2) is 0 Å². The number of nitrogens with one attached hydrogen (secondary N) is 8. The summed E-state index contributed by atoms with van der Waals surface area (Å²) in [6.45, 7) is 3.86. The summed E-state index contributed by atoms with van der Waals surface area (Å²) >= 11 is 1.45. The van der Waals surface area contributed by atoms with Crippen molar-refractivity contribution in [3.8, 4) is 0 Å². The molecule has 31 nitrogen and oxygen atoms in total. The number of hydrogen-bond donors (Lipinski definition) is 15. The van der Waals surface area contributed by atoms with Gasteiger partial charge in [0.2, 0.25) is 76.8 Å². The first-order valence-electron chi connectivity index (χ1n) is 32.2. The van der Waals surface area contributed by atoms with Crippen molar-refractivity contribution in [3.63, 3.8) is 0 Å². The van der Waals surface area contributed by atoms with Crippen LogP contribution in [0.1, 0.15) is 121 Å². The van der Waals surface area contributed by atoms with E-state index in [4.69, 9.17) is 40.1 Å². The molecule has 2 heterocycles. The Hall–Kier alpha value is -8.91. The Balaban J connectivity index is 1.56. The highest BCUT2D eigenvalue weighted by Gasteiger charge is 2.42. The van der Waals surface area contributed by atoms with Crippen molar-refractivity contribution in [1.29, 1.82) is 0 Å². The second-order valence-corrected chi connectivity index (χ2v) is 25.1. The fraction of sp³-hybridized carbons (Fsp3) is 0.587. The molecule has 0 aliphatic carbocycles. The highest BCUT2D eigenvalue weighted by molar-refractivity contribution is 7.98. The van der Waals surface area contributed by atoms with Gasteiger partial charge in [0.05, 0.1) is 12.6 Å². The third-order valence-corrected chi connectivity index (χ3v) is 16.7. The van der Waals surface area contributed by atoms with Crippen molar-refractivity contribution in [2.24, 2.45) is 51.0 Å². The van der Waals surface area contributed by atoms with Gasteiger partial charge >= 0.3 is 0 Å². The normalized spacial score (nSPS) is 16.8. The van der Waals surface area contributed by atoms with Gasteiger partial charge in [0.25, 0.3) is 0 Å². The zero-order valence-corrected chi connectivity index (χ0v) is 55.3. The molecule has 0 aromatic heterocycles. The molecule has 13 amide bonds. The first kappa shape index (κ1) is 78.5. The molecule has 2 aromatic carbocycles. The van der Waals surface area contributed by atoms with Crippen molar-refractivity contribution in [2.45, 2.75) is 183 Å². The predicted molar refractivity (Wildman–Crippen MR) is 356 cm³/mol. The van der Waals surface area contributed by atoms with Crippen LogP contribution in [0.4, 0.5) is 0 Å². The summed E-state index contributed by atoms with van der Waals surface area (Å²) in [6, 6.07) is 4.51. The SMILES string of the molecule is CSCC[C@H](NC(=O)[C@H](CC(C)C)NC(=O)CNC(=O)[C@@H](Cc1ccccc1)NC(=O)[C@H](Cc1ccccc1)NC(=O)[C@@H](CCC(N)=O)NC(=O)[C@H](CCC(N)=O)NC(=O)[C@H]1CCCN1C(=O)[C@@H](CCCCN)NC(=O)[C@@H]1CCCN1C(=O)[C@@H](N)CCCN=C(N)N)C(N)=O. The highest BCUT2D eigenvalue weighted by Crippen LogP contribution is 2.24. The molecule has 2 saturated heterocycles. The number of amides is 13. The molecule has 0 unspecified atom stereocenters. The number of nitrogens with zero attached hydrogens (tertiary/aromatic N) is 3. The second kappa shape index (κ2) is 41.0. The van der Waals surface area contributed by atoms with Crippen LogP contribution < -0.4 is 82.7 Å². The standard InChI is InChI=1S/C63H98N18O13S/c1-37(2)33-45(57(89)74-41(53(68)85)27-32-95-3)73-52(84)36-72-54(86)46(34-38-15-6-4-7-16-38)78-58(90)47(35-39-17-8-5-9-18-39)79-56(88)42(23-25-50(66)82)75-55(87)43(24-26-51(67)83)76-59(91)49-22-14-31-81(49)62(94)44(20-10-11-28-64)77-60(92)48-21-13-30-80(48)61(93)40(65)19-12-29-71-63(69)70/h4-9,15-18,37,40-49H,10-14,19-36,64-65H2,1-3H3,(H2,66,82)(H2,67,83)(H2,68,85)(H,72,86)(H,73,84)(H,74,89)(H,75,87)(H,76,91)(H,77,92)(H,78,90)(H,79,88)(H4,69,70,71)/t40-,41-,42+,43-,44+,45-,46+,47-,48-,49+/m0/s1. The summed E-state index contributed by atoms with van der Waals surface area (Å²) in [7, 11) is 0. The topological polar surface area (TPSA) is 519 Å². The van der Waals surface area contributed by atoms with E-state index < -0.39 is 169 Å². The molecule has 2 aromatic rings. The van der Waals surface area contributed by atoms with Crippen molar-refractivity contribution >= 4 is 94.5 Å². The Labute approximate surface area is 558 Å². The van der Waals surface area contributed by atoms with Gasteiger partial charge in [-0.2, -0.15) is 11.8 Å². The number of unbranched alkanes of at least 4 members (excludes halogenated alkanes) is 1. The molecule has 0 spiro atoms. The number of aliphatic imine (C=N–C) groups is 1. The summed E-state index contributed by atoms with van der Waals surface area (Å²) in [4.78, 5) is 185. The van der Waals surface area contributed by atoms with Crippen LogP contribution in [-0.4, -0.2) is 198 Å². The van der Waals surface area contributed by atoms with Crippen molar-refractivity contribution in [1.82, 2.24) is 52.3 Å². The van der Waals surface area contributed by atoms with Crippen LogP contribution in [0.25, 0.3) is 0 Å². The van der Waals surface area contributed by atoms with Gasteiger partial charge in [0, 0.05) is 45.3 Å². The smallest absolute Gasteiger partial charge is 0.245 e. The molecule has 22 N–H and O–H groups in total. The zero-order chi connectivity index (χ0) is 70.1. The fourth-order valence-corrected chi connectivity index (χ4v) is 11.5. The molecule has 32 heteroatoms. The molecule has 0 bridgehead atoms. The Morgan fingerprint density at radius 1 is 0.537 bits per heavy atom. The summed E-state index contributed by atoms with van der Waals surface area (Å²) in [5.41, 5.74) is 40.6. The molecule has 0 radical (unpaired) electrons. The first-order valence-corrected chi connectivity index (χ1v) is 33.6. The first-order chi connectivity index (χ1) is 45.2. The minimum absolute atomic E-state index is 0.0736. The number of benzene rings is 2. The van der Waals surface area contributed by atoms with E-state index in [-0.39, 0.29) is 83.0 Å². The van der Waals surface area contributed by atoms with Gasteiger partial charge in [-0.05, 0) is 119 Å². The van der Waals surface area contributed by atoms with Gasteiger partial charge in [0.15, 0.2) is 5.96 Å². The molecule has 2 fully saturated rings. The largest absolute Gasteiger partial charge is 0.370 e. The molecule has 4 rings (SSSR count). The minimum atomic E-state index is -1.64. The van der Waals surface area contributed by atoms with Crippen LogP contribution in [-0.2, 0) is 75.2 Å². The Morgan fingerprint density at radius 2 is 1.01 bits per heavy atom. The molecule has 10 atom stereocenters. The number of hydrogen-bond acceptors (Lipinski definition) is 17. The van der Waals surface area contributed by atoms with E-state index in [1.807, 2.05) is 20.1 Å². The third kappa shape index (κ3) is 27.5. The predicted octanol–water partition coefficient (Wildman–Crippen LogP) is -3.71. The van der Waals surface area contributed by atoms with Gasteiger partial charge in [-0.15, -0.1) is 0 Å². The van der Waals surface area contributed by atoms with Crippen LogP contribution in [0.3, 0.4) is 0 Å². The maximum atomic E-state index is 14.7. The lowest BCUT2D eigenvalue weighted by molar-refractivity contribution is -0.144. The van der Waals surface area contributed by atoms with Crippen LogP contribution in [0.15, 0.2) is 65.7 Å². The van der Waals surface area contributed by atoms with Gasteiger partial charge < -0.3 is 92.5 Å². The molecule has 95 heavy (non-hydrogen) atoms. The zero-order valence-electron chi connectivity index (χ0n) is 54.5. The number of likely N-dealkylation sites (tertiary alicyclic amines) is 2. The van der Waals surface area contributed by atoms with E-state index in [2.05, 4.69) is 47.5 Å². The van der Waals surface area contributed by atoms with Crippen molar-refractivity contribution in [2.75, 3.05) is 44.7 Å². The monoisotopic (exact) mass is 1350 g/mol. The molecule has 0 saturated carbocycles. The molecule has 524 valence electrons. The maximum Gasteiger partial charge on any atom is 0.245 e. The fourth-order valence-electron chi connectivity index (χ4n) is 11.0. The van der Waals surface area contributed by atoms with E-state index in [0.717, 1.165) is 0 Å². The Kier molecular flexibility index (Phi) is 33.9. The molecular formula is C63H98N18O13S. The quantitative estimate of drug-likeness (QED) is 0.0173. The lowest BCUT2D eigenvalue weighted by atomic mass is 10.0. The van der Waals surface area contributed by atoms with Crippen molar-refractivity contribution < 1.29 is 62.3 Å². The number of rotatable bonds is 42. The number of carbonyl (C=O) groups is 13. The highest BCUT2D eigenvalue weighted by atomic mass is 32.2. The van der Waals surface area contributed by atoms with Gasteiger partial charge in [-0.3, -0.25) is 67.3 Å². The van der Waals surface area contributed by atoms with E-state index in [0.29, 0.717) is 55.4 Å². The van der Waals surface area contributed by atoms with Crippen LogP contribution in [0.5, 0.6) is 0 Å². The van der Waals surface area contributed by atoms with Gasteiger partial charge in [0.1, 0.15) is 54.4 Å². The van der Waals surface area contributed by atoms with Crippen molar-refractivity contribution in [3.05, 3.63) is 71.8 Å². The summed E-state index contributed by atoms with van der Waals surface area (Å²) in [5.74, 6) is -9.80. The number of nitrogens with two attached hydrogens (primary N) is 7. The second-order valence-electron chi connectivity index (χ2n) is 24.1. The number of thioether (sulfide) groups is 1. The van der Waals surface area contributed by atoms with Crippen LogP contribution >= 0.6 is 11.8 Å². The Bertz CT molecular complexity index is 2960. The Morgan fingerprint density at radius 3 is 1.51 bits per heavy atom. The molecular weight excluding hydrogens is 1250 g/mol. The lowest BCUT2D eigenvalue weighted by Gasteiger charge is -2.32. The van der Waals surface area contributed by atoms with E-state index in [1.54, 1.807) is 60.7 Å². The van der Waals surface area contributed by atoms with Crippen LogP contribution in [0, 0.1) is 5.92 Å². The molecule has 2 aliphatic rings. The average Bonchev–Trinajstić information content (AvgIpc) is 1.74. The molecule has 2 aliphatic heterocycles. The summed E-state index contributed by atoms with van der Waals surface area (Å²) in [6.07, 6.45) is 3.12. The van der Waals surface area contributed by atoms with Gasteiger partial charge in [-0.1, -0.05) is 74.5 Å². The lowest BCUT2D eigenvalue weighted by Crippen LogP contribution is -2.60. The van der Waals surface area contributed by atoms with E-state index >= 15 is 0 Å². The van der Waals surface area contributed by atoms with E-state index in [1.165, 1.54) is 21.6 Å². The summed E-state index contributed by atoms with van der Waals surface area (Å²) in [5, 5.41) is 21.1. The summed E-state index contributed by atoms with van der Waals surface area (Å²) < 4.78 is 0. The minimum Gasteiger partial charge on any atom is -0.370 e. The number of guanidine groups is 1.